The molecule has 0 saturated carbocycles. The van der Waals surface area contributed by atoms with E-state index < -0.39 is 23.5 Å². The van der Waals surface area contributed by atoms with Gasteiger partial charge in [-0.1, -0.05) is 72.8 Å². The summed E-state index contributed by atoms with van der Waals surface area (Å²) in [5, 5.41) is 17.9. The van der Waals surface area contributed by atoms with Crippen LogP contribution in [0, 0.1) is 11.3 Å². The first-order valence-corrected chi connectivity index (χ1v) is 19.5. The number of hydrogen-bond acceptors (Lipinski definition) is 3. The zero-order valence-electron chi connectivity index (χ0n) is 31.9. The standard InChI is InChI=1S/C51H25F6N3O2/c52-50(53,54)29-21-27(22-30(25-29)51(55,56)57)28-23-42(59-38-13-5-1-11-35(38)46-40(59)19-17-33-31-9-3-7-15-44(31)61-48(33)46)37(26-58)43(24-28)60-39-14-6-2-12-36(39)47-41(60)20-18-34-32-10-4-8-16-45(32)62-49(34)47/h1-25H. The molecule has 0 aliphatic carbocycles. The monoisotopic (exact) mass is 825 g/mol. The Hall–Kier alpha value is -7.97. The minimum atomic E-state index is -5.09. The SMILES string of the molecule is N#Cc1c(-n2c3ccccc3c3c4oc5ccccc5c4ccc32)cc(-c2cc(C(F)(F)F)cc(C(F)(F)F)c2)cc1-n1c2ccccc2c2c3oc4ccccc4c3ccc21. The summed E-state index contributed by atoms with van der Waals surface area (Å²) in [5.41, 5.74) is 2.42. The number of fused-ring (bicyclic) bond motifs is 14. The Labute approximate surface area is 345 Å². The number of halogens is 6. The summed E-state index contributed by atoms with van der Waals surface area (Å²) < 4.78 is 103. The molecule has 0 aliphatic rings. The van der Waals surface area contributed by atoms with E-state index in [1.54, 1.807) is 0 Å². The van der Waals surface area contributed by atoms with Crippen LogP contribution in [0.4, 0.5) is 26.3 Å². The van der Waals surface area contributed by atoms with Crippen molar-refractivity contribution in [3.8, 4) is 28.6 Å². The van der Waals surface area contributed by atoms with E-state index in [1.807, 2.05) is 130 Å². The van der Waals surface area contributed by atoms with Crippen molar-refractivity contribution >= 4 is 87.5 Å². The van der Waals surface area contributed by atoms with Crippen LogP contribution >= 0.6 is 0 Å². The lowest BCUT2D eigenvalue weighted by Gasteiger charge is -2.19. The third-order valence-electron chi connectivity index (χ3n) is 12.0. The van der Waals surface area contributed by atoms with Gasteiger partial charge in [0.15, 0.2) is 0 Å². The van der Waals surface area contributed by atoms with Crippen molar-refractivity contribution < 1.29 is 35.2 Å². The largest absolute Gasteiger partial charge is 0.455 e. The van der Waals surface area contributed by atoms with Crippen LogP contribution in [-0.4, -0.2) is 9.13 Å². The highest BCUT2D eigenvalue weighted by molar-refractivity contribution is 6.25. The van der Waals surface area contributed by atoms with Gasteiger partial charge in [-0.25, -0.2) is 0 Å². The lowest BCUT2D eigenvalue weighted by molar-refractivity contribution is -0.143. The molecule has 12 aromatic rings. The molecule has 0 bridgehead atoms. The number of rotatable bonds is 3. The molecule has 0 fully saturated rings. The highest BCUT2D eigenvalue weighted by Gasteiger charge is 2.37. The summed E-state index contributed by atoms with van der Waals surface area (Å²) in [5.74, 6) is 0. The normalized spacial score (nSPS) is 12.7. The number of aromatic nitrogens is 2. The topological polar surface area (TPSA) is 59.9 Å². The molecule has 8 aromatic carbocycles. The molecule has 62 heavy (non-hydrogen) atoms. The molecule has 0 saturated heterocycles. The minimum absolute atomic E-state index is 0.0251. The fourth-order valence-electron chi connectivity index (χ4n) is 9.36. The maximum Gasteiger partial charge on any atom is 0.416 e. The quantitative estimate of drug-likeness (QED) is 0.167. The van der Waals surface area contributed by atoms with Crippen LogP contribution in [0.15, 0.2) is 160 Å². The predicted octanol–water partition coefficient (Wildman–Crippen LogP) is 15.3. The van der Waals surface area contributed by atoms with Crippen molar-refractivity contribution in [2.75, 3.05) is 0 Å². The minimum Gasteiger partial charge on any atom is -0.455 e. The lowest BCUT2D eigenvalue weighted by Crippen LogP contribution is -2.11. The molecule has 0 spiro atoms. The number of para-hydroxylation sites is 4. The average molecular weight is 826 g/mol. The van der Waals surface area contributed by atoms with Gasteiger partial charge in [0.05, 0.1) is 55.3 Å². The van der Waals surface area contributed by atoms with Gasteiger partial charge in [0, 0.05) is 32.3 Å². The van der Waals surface area contributed by atoms with Crippen LogP contribution in [0.2, 0.25) is 0 Å². The molecule has 0 unspecified atom stereocenters. The molecule has 0 radical (unpaired) electrons. The highest BCUT2D eigenvalue weighted by Crippen LogP contribution is 2.46. The van der Waals surface area contributed by atoms with Gasteiger partial charge in [0.2, 0.25) is 0 Å². The summed E-state index contributed by atoms with van der Waals surface area (Å²) >= 11 is 0. The smallest absolute Gasteiger partial charge is 0.416 e. The number of benzene rings is 8. The van der Waals surface area contributed by atoms with Crippen molar-refractivity contribution in [2.24, 2.45) is 0 Å². The molecule has 0 atom stereocenters. The van der Waals surface area contributed by atoms with E-state index in [9.17, 15) is 31.6 Å². The fourth-order valence-corrected chi connectivity index (χ4v) is 9.36. The number of nitrogens with zero attached hydrogens (tertiary/aromatic N) is 3. The van der Waals surface area contributed by atoms with Crippen molar-refractivity contribution in [1.29, 1.82) is 5.26 Å². The lowest BCUT2D eigenvalue weighted by atomic mass is 9.96. The van der Waals surface area contributed by atoms with Crippen LogP contribution in [-0.2, 0) is 12.4 Å². The zero-order chi connectivity index (χ0) is 42.2. The van der Waals surface area contributed by atoms with Crippen LogP contribution in [0.1, 0.15) is 16.7 Å². The van der Waals surface area contributed by atoms with Gasteiger partial charge in [-0.15, -0.1) is 0 Å². The van der Waals surface area contributed by atoms with Crippen molar-refractivity contribution in [3.05, 3.63) is 168 Å². The Balaban J connectivity index is 1.25. The van der Waals surface area contributed by atoms with Crippen molar-refractivity contribution in [2.45, 2.75) is 12.4 Å². The third kappa shape index (κ3) is 5.04. The molecule has 12 rings (SSSR count). The van der Waals surface area contributed by atoms with E-state index in [0.29, 0.717) is 44.4 Å². The fraction of sp³-hybridized carbons (Fsp3) is 0.0392. The second-order valence-electron chi connectivity index (χ2n) is 15.4. The summed E-state index contributed by atoms with van der Waals surface area (Å²) in [7, 11) is 0. The van der Waals surface area contributed by atoms with Gasteiger partial charge in [0.25, 0.3) is 0 Å². The molecule has 11 heteroatoms. The Morgan fingerprint density at radius 1 is 0.419 bits per heavy atom. The molecule has 298 valence electrons. The van der Waals surface area contributed by atoms with Crippen molar-refractivity contribution in [3.63, 3.8) is 0 Å². The third-order valence-corrected chi connectivity index (χ3v) is 12.0. The van der Waals surface area contributed by atoms with E-state index in [4.69, 9.17) is 8.83 Å². The highest BCUT2D eigenvalue weighted by atomic mass is 19.4. The van der Waals surface area contributed by atoms with Crippen LogP contribution < -0.4 is 0 Å². The molecule has 4 aromatic heterocycles. The first kappa shape index (κ1) is 35.9. The van der Waals surface area contributed by atoms with Gasteiger partial charge in [-0.2, -0.15) is 31.6 Å². The molecular formula is C51H25F6N3O2. The molecule has 5 nitrogen and oxygen atoms in total. The maximum atomic E-state index is 14.4. The second kappa shape index (κ2) is 12.5. The van der Waals surface area contributed by atoms with Gasteiger partial charge in [0.1, 0.15) is 34.0 Å². The van der Waals surface area contributed by atoms with Gasteiger partial charge < -0.3 is 18.0 Å². The number of hydrogen-bond donors (Lipinski definition) is 0. The van der Waals surface area contributed by atoms with E-state index in [-0.39, 0.29) is 34.1 Å². The maximum absolute atomic E-state index is 14.4. The second-order valence-corrected chi connectivity index (χ2v) is 15.4. The summed E-state index contributed by atoms with van der Waals surface area (Å²) in [6.45, 7) is 0. The molecule has 0 aliphatic heterocycles. The zero-order valence-corrected chi connectivity index (χ0v) is 31.9. The van der Waals surface area contributed by atoms with Crippen LogP contribution in [0.5, 0.6) is 0 Å². The van der Waals surface area contributed by atoms with E-state index >= 15 is 0 Å². The van der Waals surface area contributed by atoms with Crippen LogP contribution in [0.3, 0.4) is 0 Å². The average Bonchev–Trinajstić information content (AvgIpc) is 4.02. The summed E-state index contributed by atoms with van der Waals surface area (Å²) in [6.07, 6.45) is -10.2. The molecule has 0 amide bonds. The van der Waals surface area contributed by atoms with Crippen LogP contribution in [0.25, 0.3) is 110 Å². The van der Waals surface area contributed by atoms with E-state index in [1.165, 1.54) is 12.1 Å². The summed E-state index contributed by atoms with van der Waals surface area (Å²) in [4.78, 5) is 0. The molecular weight excluding hydrogens is 801 g/mol. The predicted molar refractivity (Wildman–Crippen MR) is 230 cm³/mol. The number of alkyl halides is 6. The van der Waals surface area contributed by atoms with Gasteiger partial charge in [-0.05, 0) is 90.0 Å². The number of nitriles is 1. The molecule has 4 heterocycles. The van der Waals surface area contributed by atoms with E-state index in [0.717, 1.165) is 55.2 Å². The van der Waals surface area contributed by atoms with Crippen molar-refractivity contribution in [1.82, 2.24) is 9.13 Å². The van der Waals surface area contributed by atoms with Gasteiger partial charge >= 0.3 is 12.4 Å². The Morgan fingerprint density at radius 2 is 0.823 bits per heavy atom. The summed E-state index contributed by atoms with van der Waals surface area (Å²) in [6, 6.07) is 44.9. The Morgan fingerprint density at radius 3 is 1.26 bits per heavy atom. The Kier molecular flexibility index (Phi) is 7.26. The Bertz CT molecular complexity index is 3690. The first-order chi connectivity index (χ1) is 30.0. The van der Waals surface area contributed by atoms with E-state index in [2.05, 4.69) is 6.07 Å². The first-order valence-electron chi connectivity index (χ1n) is 19.5. The number of furan rings is 2. The van der Waals surface area contributed by atoms with Gasteiger partial charge in [-0.3, -0.25) is 0 Å². The molecule has 0 N–H and O–H groups in total.